The normalized spacial score (nSPS) is 12.8. The van der Waals surface area contributed by atoms with Gasteiger partial charge in [-0.15, -0.1) is 0 Å². The van der Waals surface area contributed by atoms with E-state index in [1.54, 1.807) is 0 Å². The molecule has 5 heteroatoms. The van der Waals surface area contributed by atoms with Gasteiger partial charge in [0.25, 0.3) is 0 Å². The molecule has 25 heavy (non-hydrogen) atoms. The Morgan fingerprint density at radius 3 is 2.60 bits per heavy atom. The summed E-state index contributed by atoms with van der Waals surface area (Å²) < 4.78 is 2.09. The first-order valence-electron chi connectivity index (χ1n) is 8.74. The molecule has 1 atom stereocenters. The van der Waals surface area contributed by atoms with Crippen molar-refractivity contribution in [1.82, 2.24) is 14.5 Å². The van der Waals surface area contributed by atoms with E-state index in [9.17, 15) is 5.11 Å². The number of halogens is 1. The van der Waals surface area contributed by atoms with Crippen molar-refractivity contribution >= 4 is 22.6 Å². The van der Waals surface area contributed by atoms with Crippen LogP contribution in [0.25, 0.3) is 22.4 Å². The molecule has 0 saturated heterocycles. The molecule has 1 N–H and O–H groups in total. The summed E-state index contributed by atoms with van der Waals surface area (Å²) in [4.78, 5) is 7.00. The van der Waals surface area contributed by atoms with Crippen LogP contribution in [0.4, 0.5) is 0 Å². The molecule has 1 heterocycles. The first kappa shape index (κ1) is 17.9. The number of rotatable bonds is 7. The summed E-state index contributed by atoms with van der Waals surface area (Å²) in [6.45, 7) is 7.23. The largest absolute Gasteiger partial charge is 0.390 e. The number of likely N-dealkylation sites (N-methyl/N-ethyl adjacent to an activating group) is 1. The summed E-state index contributed by atoms with van der Waals surface area (Å²) in [6, 6.07) is 15.7. The molecular weight excluding hydrogens is 334 g/mol. The zero-order valence-electron chi connectivity index (χ0n) is 14.7. The van der Waals surface area contributed by atoms with E-state index < -0.39 is 6.10 Å². The van der Waals surface area contributed by atoms with Crippen molar-refractivity contribution < 1.29 is 5.11 Å². The number of aromatic nitrogens is 2. The number of fused-ring (bicyclic) bond motifs is 1. The SMILES string of the molecule is CCN(CC)CC(O)Cn1c(-c2cccc(Cl)c2)nc2ccccc21. The summed E-state index contributed by atoms with van der Waals surface area (Å²) in [5.41, 5.74) is 2.90. The van der Waals surface area contributed by atoms with E-state index in [0.29, 0.717) is 18.1 Å². The molecule has 0 amide bonds. The third-order valence-corrected chi connectivity index (χ3v) is 4.73. The van der Waals surface area contributed by atoms with Crippen LogP contribution < -0.4 is 0 Å². The molecule has 1 unspecified atom stereocenters. The van der Waals surface area contributed by atoms with Crippen LogP contribution in [0.2, 0.25) is 5.02 Å². The quantitative estimate of drug-likeness (QED) is 0.693. The smallest absolute Gasteiger partial charge is 0.141 e. The Kier molecular flexibility index (Phi) is 5.74. The Morgan fingerprint density at radius 1 is 1.12 bits per heavy atom. The number of para-hydroxylation sites is 2. The molecule has 0 saturated carbocycles. The summed E-state index contributed by atoms with van der Waals surface area (Å²) in [5.74, 6) is 0.835. The zero-order valence-corrected chi connectivity index (χ0v) is 15.4. The number of hydrogen-bond donors (Lipinski definition) is 1. The standard InChI is InChI=1S/C20H24ClN3O/c1-3-23(4-2)13-17(25)14-24-19-11-6-5-10-18(19)22-20(24)15-8-7-9-16(21)12-15/h5-12,17,25H,3-4,13-14H2,1-2H3. The molecule has 0 aliphatic carbocycles. The van der Waals surface area contributed by atoms with Crippen LogP contribution in [0, 0.1) is 0 Å². The Balaban J connectivity index is 1.99. The number of benzene rings is 2. The molecule has 4 nitrogen and oxygen atoms in total. The molecule has 0 bridgehead atoms. The van der Waals surface area contributed by atoms with E-state index in [-0.39, 0.29) is 0 Å². The summed E-state index contributed by atoms with van der Waals surface area (Å²) in [6.07, 6.45) is -0.463. The first-order valence-corrected chi connectivity index (χ1v) is 9.11. The molecule has 0 spiro atoms. The lowest BCUT2D eigenvalue weighted by Gasteiger charge is -2.23. The minimum absolute atomic E-state index is 0.463. The van der Waals surface area contributed by atoms with Crippen LogP contribution in [-0.4, -0.2) is 45.3 Å². The van der Waals surface area contributed by atoms with Crippen molar-refractivity contribution in [2.75, 3.05) is 19.6 Å². The number of aliphatic hydroxyl groups is 1. The second-order valence-electron chi connectivity index (χ2n) is 6.18. The van der Waals surface area contributed by atoms with Gasteiger partial charge in [-0.1, -0.05) is 49.7 Å². The number of hydrogen-bond acceptors (Lipinski definition) is 3. The second-order valence-corrected chi connectivity index (χ2v) is 6.62. The van der Waals surface area contributed by atoms with Crippen molar-refractivity contribution in [3.63, 3.8) is 0 Å². The molecule has 1 aromatic heterocycles. The molecule has 2 aromatic carbocycles. The van der Waals surface area contributed by atoms with Gasteiger partial charge in [-0.3, -0.25) is 0 Å². The Labute approximate surface area is 153 Å². The molecular formula is C20H24ClN3O. The molecule has 0 aliphatic rings. The zero-order chi connectivity index (χ0) is 17.8. The second kappa shape index (κ2) is 8.00. The van der Waals surface area contributed by atoms with Crippen LogP contribution in [0.15, 0.2) is 48.5 Å². The number of aliphatic hydroxyl groups excluding tert-OH is 1. The monoisotopic (exact) mass is 357 g/mol. The lowest BCUT2D eigenvalue weighted by Crippen LogP contribution is -2.34. The predicted octanol–water partition coefficient (Wildman–Crippen LogP) is 4.06. The van der Waals surface area contributed by atoms with Crippen molar-refractivity contribution in [2.24, 2.45) is 0 Å². The Morgan fingerprint density at radius 2 is 1.88 bits per heavy atom. The van der Waals surface area contributed by atoms with Gasteiger partial charge >= 0.3 is 0 Å². The van der Waals surface area contributed by atoms with Gasteiger partial charge in [0.15, 0.2) is 0 Å². The van der Waals surface area contributed by atoms with E-state index in [4.69, 9.17) is 16.6 Å². The number of nitrogens with zero attached hydrogens (tertiary/aromatic N) is 3. The molecule has 3 rings (SSSR count). The molecule has 132 valence electrons. The van der Waals surface area contributed by atoms with Gasteiger partial charge in [-0.05, 0) is 37.4 Å². The van der Waals surface area contributed by atoms with Crippen LogP contribution in [0.3, 0.4) is 0 Å². The Bertz CT molecular complexity index is 842. The third-order valence-electron chi connectivity index (χ3n) is 4.49. The summed E-state index contributed by atoms with van der Waals surface area (Å²) in [5, 5.41) is 11.3. The lowest BCUT2D eigenvalue weighted by molar-refractivity contribution is 0.104. The fourth-order valence-electron chi connectivity index (χ4n) is 3.16. The topological polar surface area (TPSA) is 41.3 Å². The highest BCUT2D eigenvalue weighted by atomic mass is 35.5. The first-order chi connectivity index (χ1) is 12.1. The van der Waals surface area contributed by atoms with Crippen molar-refractivity contribution in [1.29, 1.82) is 0 Å². The summed E-state index contributed by atoms with van der Waals surface area (Å²) in [7, 11) is 0. The highest BCUT2D eigenvalue weighted by molar-refractivity contribution is 6.30. The minimum atomic E-state index is -0.463. The van der Waals surface area contributed by atoms with E-state index in [0.717, 1.165) is 35.5 Å². The van der Waals surface area contributed by atoms with Gasteiger partial charge in [0.1, 0.15) is 5.82 Å². The fourth-order valence-corrected chi connectivity index (χ4v) is 3.35. The van der Waals surface area contributed by atoms with Crippen LogP contribution in [0.1, 0.15) is 13.8 Å². The van der Waals surface area contributed by atoms with Crippen LogP contribution >= 0.6 is 11.6 Å². The maximum absolute atomic E-state index is 10.6. The van der Waals surface area contributed by atoms with Gasteiger partial charge in [-0.25, -0.2) is 4.98 Å². The highest BCUT2D eigenvalue weighted by Gasteiger charge is 2.17. The fraction of sp³-hybridized carbons (Fsp3) is 0.350. The highest BCUT2D eigenvalue weighted by Crippen LogP contribution is 2.27. The maximum Gasteiger partial charge on any atom is 0.141 e. The minimum Gasteiger partial charge on any atom is -0.390 e. The maximum atomic E-state index is 10.6. The lowest BCUT2D eigenvalue weighted by atomic mass is 10.2. The molecule has 0 radical (unpaired) electrons. The van der Waals surface area contributed by atoms with Crippen LogP contribution in [-0.2, 0) is 6.54 Å². The predicted molar refractivity (Wildman–Crippen MR) is 104 cm³/mol. The average molecular weight is 358 g/mol. The van der Waals surface area contributed by atoms with E-state index >= 15 is 0 Å². The Hall–Kier alpha value is -1.88. The third kappa shape index (κ3) is 4.03. The number of imidazole rings is 1. The van der Waals surface area contributed by atoms with Gasteiger partial charge in [0.05, 0.1) is 23.7 Å². The average Bonchev–Trinajstić information content (AvgIpc) is 2.98. The summed E-state index contributed by atoms with van der Waals surface area (Å²) >= 11 is 6.16. The van der Waals surface area contributed by atoms with Crippen LogP contribution in [0.5, 0.6) is 0 Å². The van der Waals surface area contributed by atoms with E-state index in [1.165, 1.54) is 0 Å². The van der Waals surface area contributed by atoms with Crippen molar-refractivity contribution in [2.45, 2.75) is 26.5 Å². The van der Waals surface area contributed by atoms with Gasteiger partial charge in [0.2, 0.25) is 0 Å². The van der Waals surface area contributed by atoms with E-state index in [2.05, 4.69) is 23.3 Å². The van der Waals surface area contributed by atoms with Crippen molar-refractivity contribution in [3.8, 4) is 11.4 Å². The molecule has 3 aromatic rings. The molecule has 0 aliphatic heterocycles. The van der Waals surface area contributed by atoms with E-state index in [1.807, 2.05) is 48.5 Å². The van der Waals surface area contributed by atoms with Gasteiger partial charge in [0, 0.05) is 17.1 Å². The van der Waals surface area contributed by atoms with Crippen molar-refractivity contribution in [3.05, 3.63) is 53.6 Å². The van der Waals surface area contributed by atoms with Gasteiger partial charge in [-0.2, -0.15) is 0 Å². The van der Waals surface area contributed by atoms with Gasteiger partial charge < -0.3 is 14.6 Å². The molecule has 0 fully saturated rings.